The molecule has 1 aromatic rings. The molecule has 1 amide bonds. The molecule has 1 aromatic carbocycles. The van der Waals surface area contributed by atoms with Gasteiger partial charge < -0.3 is 15.1 Å². The Morgan fingerprint density at radius 1 is 1.33 bits per heavy atom. The van der Waals surface area contributed by atoms with Crippen molar-refractivity contribution >= 4 is 6.09 Å². The Balaban J connectivity index is 1.58. The van der Waals surface area contributed by atoms with Gasteiger partial charge >= 0.3 is 6.09 Å². The van der Waals surface area contributed by atoms with Gasteiger partial charge in [-0.25, -0.2) is 4.79 Å². The van der Waals surface area contributed by atoms with E-state index in [1.54, 1.807) is 0 Å². The lowest BCUT2D eigenvalue weighted by atomic mass is 10.0. The largest absolute Gasteiger partial charge is 0.465 e. The van der Waals surface area contributed by atoms with Gasteiger partial charge in [0.25, 0.3) is 0 Å². The summed E-state index contributed by atoms with van der Waals surface area (Å²) in [6.45, 7) is 2.39. The molecule has 0 bridgehead atoms. The van der Waals surface area contributed by atoms with E-state index in [-0.39, 0.29) is 12.6 Å². The Bertz CT molecular complexity index is 504. The average Bonchev–Trinajstić information content (AvgIpc) is 3.22. The molecule has 5 heteroatoms. The number of hydrogen-bond donors (Lipinski definition) is 2. The van der Waals surface area contributed by atoms with E-state index in [0.717, 1.165) is 25.9 Å². The van der Waals surface area contributed by atoms with Crippen LogP contribution in [-0.4, -0.2) is 57.4 Å². The second-order valence-electron chi connectivity index (χ2n) is 6.31. The lowest BCUT2D eigenvalue weighted by Gasteiger charge is -2.30. The number of rotatable bonds is 5. The molecule has 0 radical (unpaired) electrons. The summed E-state index contributed by atoms with van der Waals surface area (Å²) >= 11 is 0. The second kappa shape index (κ2) is 5.66. The summed E-state index contributed by atoms with van der Waals surface area (Å²) in [7, 11) is 0. The molecule has 21 heavy (non-hydrogen) atoms. The highest BCUT2D eigenvalue weighted by Gasteiger charge is 2.42. The second-order valence-corrected chi connectivity index (χ2v) is 6.31. The molecule has 3 rings (SSSR count). The van der Waals surface area contributed by atoms with Crippen molar-refractivity contribution in [3.05, 3.63) is 35.9 Å². The summed E-state index contributed by atoms with van der Waals surface area (Å²) in [4.78, 5) is 14.9. The summed E-state index contributed by atoms with van der Waals surface area (Å²) in [5, 5.41) is 19.9. The van der Waals surface area contributed by atoms with Crippen LogP contribution in [0.4, 0.5) is 4.79 Å². The normalized spacial score (nSPS) is 26.0. The zero-order valence-electron chi connectivity index (χ0n) is 12.1. The number of benzene rings is 1. The molecule has 1 saturated heterocycles. The number of hydrogen-bond acceptors (Lipinski definition) is 3. The van der Waals surface area contributed by atoms with Gasteiger partial charge in [-0.1, -0.05) is 30.3 Å². The molecule has 0 spiro atoms. The van der Waals surface area contributed by atoms with Crippen LogP contribution in [0.25, 0.3) is 0 Å². The van der Waals surface area contributed by atoms with E-state index in [4.69, 9.17) is 0 Å². The fourth-order valence-corrected chi connectivity index (χ4v) is 3.10. The lowest BCUT2D eigenvalue weighted by molar-refractivity contribution is 0.0116. The molecule has 114 valence electrons. The summed E-state index contributed by atoms with van der Waals surface area (Å²) in [6.07, 6.45) is 1.58. The first-order chi connectivity index (χ1) is 10.1. The predicted octanol–water partition coefficient (Wildman–Crippen LogP) is 1.77. The van der Waals surface area contributed by atoms with Crippen molar-refractivity contribution in [2.24, 2.45) is 0 Å². The Kier molecular flexibility index (Phi) is 3.87. The maximum atomic E-state index is 11.3. The van der Waals surface area contributed by atoms with Crippen LogP contribution in [0, 0.1) is 0 Å². The molecule has 5 nitrogen and oxygen atoms in total. The highest BCUT2D eigenvalue weighted by Crippen LogP contribution is 2.31. The van der Waals surface area contributed by atoms with Crippen LogP contribution in [0.15, 0.2) is 30.3 Å². The third-order valence-electron chi connectivity index (χ3n) is 4.36. The number of carboxylic acid groups (broad SMARTS) is 1. The quantitative estimate of drug-likeness (QED) is 0.867. The highest BCUT2D eigenvalue weighted by atomic mass is 16.4. The van der Waals surface area contributed by atoms with Crippen molar-refractivity contribution in [2.45, 2.75) is 37.5 Å². The van der Waals surface area contributed by atoms with Crippen LogP contribution in [-0.2, 0) is 6.54 Å². The van der Waals surface area contributed by atoms with E-state index in [1.807, 2.05) is 18.2 Å². The maximum Gasteiger partial charge on any atom is 0.407 e. The number of amides is 1. The first kappa shape index (κ1) is 14.4. The molecule has 1 aliphatic heterocycles. The van der Waals surface area contributed by atoms with Crippen molar-refractivity contribution in [2.75, 3.05) is 19.6 Å². The zero-order chi connectivity index (χ0) is 14.9. The number of aliphatic hydroxyl groups is 1. The maximum absolute atomic E-state index is 11.3. The topological polar surface area (TPSA) is 64.0 Å². The smallest absolute Gasteiger partial charge is 0.407 e. The van der Waals surface area contributed by atoms with Gasteiger partial charge in [0.05, 0.1) is 12.1 Å². The van der Waals surface area contributed by atoms with Crippen molar-refractivity contribution in [1.82, 2.24) is 9.80 Å². The molecule has 1 unspecified atom stereocenters. The first-order valence-corrected chi connectivity index (χ1v) is 7.54. The first-order valence-electron chi connectivity index (χ1n) is 7.54. The van der Waals surface area contributed by atoms with Gasteiger partial charge in [0.1, 0.15) is 0 Å². The van der Waals surface area contributed by atoms with Gasteiger partial charge in [0.15, 0.2) is 0 Å². The van der Waals surface area contributed by atoms with Gasteiger partial charge in [-0.15, -0.1) is 0 Å². The van der Waals surface area contributed by atoms with E-state index in [0.29, 0.717) is 13.0 Å². The standard InChI is InChI=1S/C16H22N2O3/c19-15(20)18(14-6-7-14)12-16(21)8-9-17(11-16)10-13-4-2-1-3-5-13/h1-5,14,21H,6-12H2,(H,19,20). The molecular weight excluding hydrogens is 268 g/mol. The third-order valence-corrected chi connectivity index (χ3v) is 4.36. The summed E-state index contributed by atoms with van der Waals surface area (Å²) in [5.41, 5.74) is 0.314. The van der Waals surface area contributed by atoms with Crippen molar-refractivity contribution in [1.29, 1.82) is 0 Å². The van der Waals surface area contributed by atoms with Gasteiger partial charge in [0.2, 0.25) is 0 Å². The van der Waals surface area contributed by atoms with Gasteiger partial charge in [0, 0.05) is 25.7 Å². The van der Waals surface area contributed by atoms with E-state index >= 15 is 0 Å². The number of β-amino-alcohol motifs (C(OH)–C–C–N with tert-alkyl or cyclic N) is 1. The molecular formula is C16H22N2O3. The zero-order valence-corrected chi connectivity index (χ0v) is 12.1. The van der Waals surface area contributed by atoms with Crippen LogP contribution in [0.5, 0.6) is 0 Å². The van der Waals surface area contributed by atoms with Crippen LogP contribution in [0.2, 0.25) is 0 Å². The van der Waals surface area contributed by atoms with Gasteiger partial charge in [-0.05, 0) is 24.8 Å². The number of carbonyl (C=O) groups is 1. The SMILES string of the molecule is O=C(O)N(CC1(O)CCN(Cc2ccccc2)C1)C1CC1. The Hall–Kier alpha value is -1.59. The predicted molar refractivity (Wildman–Crippen MR) is 79.0 cm³/mol. The van der Waals surface area contributed by atoms with E-state index in [2.05, 4.69) is 17.0 Å². The summed E-state index contributed by atoms with van der Waals surface area (Å²) in [5.74, 6) is 0. The lowest BCUT2D eigenvalue weighted by Crippen LogP contribution is -2.47. The minimum absolute atomic E-state index is 0.120. The van der Waals surface area contributed by atoms with Crippen molar-refractivity contribution in [3.63, 3.8) is 0 Å². The minimum atomic E-state index is -0.910. The Morgan fingerprint density at radius 3 is 2.67 bits per heavy atom. The van der Waals surface area contributed by atoms with Crippen molar-refractivity contribution < 1.29 is 15.0 Å². The molecule has 0 aromatic heterocycles. The molecule has 1 saturated carbocycles. The highest BCUT2D eigenvalue weighted by molar-refractivity contribution is 5.66. The fraction of sp³-hybridized carbons (Fsp3) is 0.562. The Morgan fingerprint density at radius 2 is 2.05 bits per heavy atom. The number of nitrogens with zero attached hydrogens (tertiary/aromatic N) is 2. The van der Waals surface area contributed by atoms with Gasteiger partial charge in [-0.2, -0.15) is 0 Å². The molecule has 2 aliphatic rings. The third kappa shape index (κ3) is 3.54. The average molecular weight is 290 g/mol. The molecule has 2 fully saturated rings. The van der Waals surface area contributed by atoms with Crippen LogP contribution >= 0.6 is 0 Å². The van der Waals surface area contributed by atoms with E-state index in [9.17, 15) is 15.0 Å². The molecule has 1 heterocycles. The molecule has 2 N–H and O–H groups in total. The minimum Gasteiger partial charge on any atom is -0.465 e. The van der Waals surface area contributed by atoms with Crippen LogP contribution in [0.1, 0.15) is 24.8 Å². The monoisotopic (exact) mass is 290 g/mol. The number of likely N-dealkylation sites (tertiary alicyclic amines) is 1. The molecule has 1 atom stereocenters. The van der Waals surface area contributed by atoms with Crippen LogP contribution < -0.4 is 0 Å². The van der Waals surface area contributed by atoms with Gasteiger partial charge in [-0.3, -0.25) is 4.90 Å². The summed E-state index contributed by atoms with van der Waals surface area (Å²) in [6, 6.07) is 10.3. The van der Waals surface area contributed by atoms with E-state index < -0.39 is 11.7 Å². The summed E-state index contributed by atoms with van der Waals surface area (Å²) < 4.78 is 0. The Labute approximate surface area is 124 Å². The van der Waals surface area contributed by atoms with Crippen LogP contribution in [0.3, 0.4) is 0 Å². The van der Waals surface area contributed by atoms with E-state index in [1.165, 1.54) is 10.5 Å². The molecule has 1 aliphatic carbocycles. The fourth-order valence-electron chi connectivity index (χ4n) is 3.10. The van der Waals surface area contributed by atoms with Crippen molar-refractivity contribution in [3.8, 4) is 0 Å².